The van der Waals surface area contributed by atoms with Gasteiger partial charge in [0, 0.05) is 18.1 Å². The van der Waals surface area contributed by atoms with Crippen LogP contribution in [0.15, 0.2) is 127 Å². The molecule has 0 aliphatic carbocycles. The molecule has 0 amide bonds. The number of carbonyl (C=O) groups is 2. The van der Waals surface area contributed by atoms with Crippen LogP contribution in [0.4, 0.5) is 0 Å². The van der Waals surface area contributed by atoms with Gasteiger partial charge < -0.3 is 19.3 Å². The van der Waals surface area contributed by atoms with E-state index in [1.165, 1.54) is 6.07 Å². The van der Waals surface area contributed by atoms with Crippen LogP contribution in [-0.2, 0) is 24.4 Å². The molecule has 0 saturated heterocycles. The average Bonchev–Trinajstić information content (AvgIpc) is 3.04. The first-order valence-electron chi connectivity index (χ1n) is 13.6. The van der Waals surface area contributed by atoms with Crippen molar-refractivity contribution in [3.05, 3.63) is 161 Å². The second kappa shape index (κ2) is 13.8. The molecule has 5 rings (SSSR count). The Morgan fingerprint density at radius 2 is 1.12 bits per heavy atom. The first kappa shape index (κ1) is 28.2. The van der Waals surface area contributed by atoms with E-state index in [0.717, 1.165) is 16.7 Å². The molecular formula is C36H30O6. The molecule has 0 radical (unpaired) electrons. The van der Waals surface area contributed by atoms with Crippen molar-refractivity contribution in [1.82, 2.24) is 0 Å². The second-order valence-electron chi connectivity index (χ2n) is 9.65. The van der Waals surface area contributed by atoms with Crippen molar-refractivity contribution >= 4 is 11.8 Å². The third kappa shape index (κ3) is 7.23. The maximum Gasteiger partial charge on any atom is 0.338 e. The predicted octanol–water partition coefficient (Wildman–Crippen LogP) is 7.18. The highest BCUT2D eigenvalue weighted by Gasteiger charge is 2.27. The van der Waals surface area contributed by atoms with Gasteiger partial charge in [-0.3, -0.25) is 4.79 Å². The fraction of sp³-hybridized carbons (Fsp3) is 0.111. The maximum absolute atomic E-state index is 13.6. The number of ether oxygens (including phenoxy) is 3. The molecule has 42 heavy (non-hydrogen) atoms. The highest BCUT2D eigenvalue weighted by molar-refractivity contribution is 6.04. The minimum absolute atomic E-state index is 0.0650. The molecule has 5 aromatic rings. The number of hydrogen-bond donors (Lipinski definition) is 1. The fourth-order valence-electron chi connectivity index (χ4n) is 4.51. The van der Waals surface area contributed by atoms with Gasteiger partial charge in [-0.25, -0.2) is 4.79 Å². The van der Waals surface area contributed by atoms with Gasteiger partial charge in [-0.2, -0.15) is 0 Å². The molecule has 0 atom stereocenters. The van der Waals surface area contributed by atoms with Gasteiger partial charge in [0.2, 0.25) is 5.78 Å². The zero-order chi connectivity index (χ0) is 29.1. The van der Waals surface area contributed by atoms with E-state index in [2.05, 4.69) is 0 Å². The minimum atomic E-state index is -0.637. The van der Waals surface area contributed by atoms with E-state index in [4.69, 9.17) is 14.2 Å². The molecule has 0 aliphatic rings. The number of ketones is 1. The molecule has 0 aliphatic heterocycles. The third-order valence-electron chi connectivity index (χ3n) is 6.63. The number of phenols is 1. The Balaban J connectivity index is 1.53. The van der Waals surface area contributed by atoms with E-state index in [-0.39, 0.29) is 30.3 Å². The molecule has 0 heterocycles. The standard InChI is InChI=1S/C36H30O6/c37-31-22-33(40-23-27-15-7-2-8-16-27)30(21-26-13-5-1-6-14-26)35(41-24-28-17-9-3-10-18-28)34(31)32(38)25-42-36(39)29-19-11-4-12-20-29/h1-20,22,37H,21,23-25H2. The minimum Gasteiger partial charge on any atom is -0.507 e. The van der Waals surface area contributed by atoms with E-state index in [9.17, 15) is 14.7 Å². The lowest BCUT2D eigenvalue weighted by Crippen LogP contribution is -2.17. The smallest absolute Gasteiger partial charge is 0.338 e. The van der Waals surface area contributed by atoms with Crippen LogP contribution in [0.25, 0.3) is 0 Å². The summed E-state index contributed by atoms with van der Waals surface area (Å²) in [6.45, 7) is -0.172. The van der Waals surface area contributed by atoms with E-state index >= 15 is 0 Å². The number of phenolic OH excluding ortho intramolecular Hbond substituents is 1. The van der Waals surface area contributed by atoms with Crippen LogP contribution in [0.1, 0.15) is 43.0 Å². The monoisotopic (exact) mass is 558 g/mol. The fourth-order valence-corrected chi connectivity index (χ4v) is 4.51. The lowest BCUT2D eigenvalue weighted by molar-refractivity contribution is 0.0472. The topological polar surface area (TPSA) is 82.1 Å². The molecule has 1 N–H and O–H groups in total. The first-order chi connectivity index (χ1) is 20.6. The van der Waals surface area contributed by atoms with Gasteiger partial charge in [0.15, 0.2) is 6.61 Å². The molecule has 5 aromatic carbocycles. The first-order valence-corrected chi connectivity index (χ1v) is 13.6. The molecule has 6 nitrogen and oxygen atoms in total. The summed E-state index contributed by atoms with van der Waals surface area (Å²) in [6, 6.07) is 38.8. The molecule has 210 valence electrons. The lowest BCUT2D eigenvalue weighted by Gasteiger charge is -2.21. The lowest BCUT2D eigenvalue weighted by atomic mass is 9.97. The van der Waals surface area contributed by atoms with Crippen LogP contribution < -0.4 is 9.47 Å². The van der Waals surface area contributed by atoms with Crippen LogP contribution in [-0.4, -0.2) is 23.5 Å². The average molecular weight is 559 g/mol. The SMILES string of the molecule is O=C(OCC(=O)c1c(O)cc(OCc2ccccc2)c(Cc2ccccc2)c1OCc1ccccc1)c1ccccc1. The van der Waals surface area contributed by atoms with Crippen LogP contribution in [0.5, 0.6) is 17.2 Å². The summed E-state index contributed by atoms with van der Waals surface area (Å²) >= 11 is 0. The van der Waals surface area contributed by atoms with Gasteiger partial charge in [0.05, 0.1) is 5.56 Å². The largest absolute Gasteiger partial charge is 0.507 e. The predicted molar refractivity (Wildman–Crippen MR) is 160 cm³/mol. The molecular weight excluding hydrogens is 528 g/mol. The number of carbonyl (C=O) groups excluding carboxylic acids is 2. The summed E-state index contributed by atoms with van der Waals surface area (Å²) in [5.74, 6) is -0.974. The Labute approximate surface area is 244 Å². The van der Waals surface area contributed by atoms with E-state index in [1.807, 2.05) is 91.0 Å². The quantitative estimate of drug-likeness (QED) is 0.129. The Kier molecular flexibility index (Phi) is 9.27. The van der Waals surface area contributed by atoms with Crippen molar-refractivity contribution in [3.8, 4) is 17.2 Å². The summed E-state index contributed by atoms with van der Waals surface area (Å²) in [7, 11) is 0. The zero-order valence-corrected chi connectivity index (χ0v) is 22.9. The van der Waals surface area contributed by atoms with E-state index in [0.29, 0.717) is 23.3 Å². The Hall–Kier alpha value is -5.36. The van der Waals surface area contributed by atoms with Crippen molar-refractivity contribution in [2.24, 2.45) is 0 Å². The number of Topliss-reactive ketones (excluding diaryl/α,β-unsaturated/α-hetero) is 1. The second-order valence-corrected chi connectivity index (χ2v) is 9.65. The van der Waals surface area contributed by atoms with E-state index < -0.39 is 18.4 Å². The normalized spacial score (nSPS) is 10.6. The Bertz CT molecular complexity index is 1620. The number of benzene rings is 5. The van der Waals surface area contributed by atoms with Crippen LogP contribution in [0.3, 0.4) is 0 Å². The summed E-state index contributed by atoms with van der Waals surface area (Å²) in [5.41, 5.74) is 3.65. The Morgan fingerprint density at radius 1 is 0.619 bits per heavy atom. The van der Waals surface area contributed by atoms with Crippen molar-refractivity contribution in [2.45, 2.75) is 19.6 Å². The van der Waals surface area contributed by atoms with Gasteiger partial charge in [-0.1, -0.05) is 109 Å². The number of rotatable bonds is 12. The summed E-state index contributed by atoms with van der Waals surface area (Å²) in [5, 5.41) is 11.2. The molecule has 0 spiro atoms. The molecule has 6 heteroatoms. The van der Waals surface area contributed by atoms with Crippen LogP contribution in [0, 0.1) is 0 Å². The Morgan fingerprint density at radius 3 is 1.69 bits per heavy atom. The summed E-state index contributed by atoms with van der Waals surface area (Å²) in [6.07, 6.45) is 0.374. The van der Waals surface area contributed by atoms with Gasteiger partial charge in [0.25, 0.3) is 0 Å². The highest BCUT2D eigenvalue weighted by Crippen LogP contribution is 2.41. The highest BCUT2D eigenvalue weighted by atomic mass is 16.5. The van der Waals surface area contributed by atoms with Gasteiger partial charge in [-0.05, 0) is 28.8 Å². The van der Waals surface area contributed by atoms with E-state index in [1.54, 1.807) is 30.3 Å². The summed E-state index contributed by atoms with van der Waals surface area (Å²) < 4.78 is 17.9. The number of esters is 1. The van der Waals surface area contributed by atoms with Crippen molar-refractivity contribution < 1.29 is 28.9 Å². The van der Waals surface area contributed by atoms with Crippen LogP contribution in [0.2, 0.25) is 0 Å². The molecule has 0 fully saturated rings. The number of aromatic hydroxyl groups is 1. The zero-order valence-electron chi connectivity index (χ0n) is 22.9. The molecule has 0 bridgehead atoms. The van der Waals surface area contributed by atoms with Gasteiger partial charge in [0.1, 0.15) is 36.0 Å². The molecule has 0 saturated carbocycles. The van der Waals surface area contributed by atoms with Crippen LogP contribution >= 0.6 is 0 Å². The third-order valence-corrected chi connectivity index (χ3v) is 6.63. The van der Waals surface area contributed by atoms with Gasteiger partial charge >= 0.3 is 5.97 Å². The van der Waals surface area contributed by atoms with Crippen molar-refractivity contribution in [3.63, 3.8) is 0 Å². The summed E-state index contributed by atoms with van der Waals surface area (Å²) in [4.78, 5) is 26.1. The molecule has 0 unspecified atom stereocenters. The maximum atomic E-state index is 13.6. The van der Waals surface area contributed by atoms with Gasteiger partial charge in [-0.15, -0.1) is 0 Å². The van der Waals surface area contributed by atoms with Crippen molar-refractivity contribution in [2.75, 3.05) is 6.61 Å². The number of hydrogen-bond acceptors (Lipinski definition) is 6. The molecule has 0 aromatic heterocycles. The van der Waals surface area contributed by atoms with Crippen molar-refractivity contribution in [1.29, 1.82) is 0 Å².